The fourth-order valence-electron chi connectivity index (χ4n) is 2.08. The number of halogens is 1. The molecule has 0 bridgehead atoms. The maximum Gasteiger partial charge on any atom is 0.212 e. The minimum atomic E-state index is -1.23. The van der Waals surface area contributed by atoms with E-state index in [0.717, 1.165) is 11.8 Å². The summed E-state index contributed by atoms with van der Waals surface area (Å²) in [6, 6.07) is 7.62. The molecule has 0 aliphatic heterocycles. The Labute approximate surface area is 146 Å². The second-order valence-electron chi connectivity index (χ2n) is 4.97. The molecule has 25 heavy (non-hydrogen) atoms. The van der Waals surface area contributed by atoms with Crippen LogP contribution in [0.15, 0.2) is 51.3 Å². The van der Waals surface area contributed by atoms with Crippen LogP contribution in [-0.2, 0) is 4.79 Å². The first-order chi connectivity index (χ1) is 12.0. The van der Waals surface area contributed by atoms with Crippen LogP contribution >= 0.6 is 11.8 Å². The molecule has 7 nitrogen and oxygen atoms in total. The molecule has 0 amide bonds. The van der Waals surface area contributed by atoms with E-state index in [2.05, 4.69) is 15.3 Å². The van der Waals surface area contributed by atoms with Crippen LogP contribution in [0.25, 0.3) is 11.4 Å². The van der Waals surface area contributed by atoms with E-state index in [-0.39, 0.29) is 16.7 Å². The molecule has 9 heteroatoms. The van der Waals surface area contributed by atoms with Crippen LogP contribution in [-0.4, -0.2) is 32.8 Å². The summed E-state index contributed by atoms with van der Waals surface area (Å²) < 4.78 is 19.9. The predicted octanol–water partition coefficient (Wildman–Crippen LogP) is 1.71. The minimum absolute atomic E-state index is 0.271. The van der Waals surface area contributed by atoms with Crippen molar-refractivity contribution in [1.82, 2.24) is 14.9 Å². The van der Waals surface area contributed by atoms with E-state index in [1.807, 2.05) is 0 Å². The molecular weight excluding hydrogens is 347 g/mol. The van der Waals surface area contributed by atoms with Crippen molar-refractivity contribution in [1.29, 1.82) is 0 Å². The number of carbonyl (C=O) groups is 1. The fourth-order valence-corrected chi connectivity index (χ4v) is 2.68. The zero-order valence-corrected chi connectivity index (χ0v) is 13.9. The number of carbonyl (C=O) groups excluding carboxylic acids is 1. The summed E-state index contributed by atoms with van der Waals surface area (Å²) in [4.78, 5) is 10.7. The molecule has 0 saturated heterocycles. The highest BCUT2D eigenvalue weighted by atomic mass is 32.2. The maximum atomic E-state index is 13.3. The van der Waals surface area contributed by atoms with Crippen molar-refractivity contribution in [3.05, 3.63) is 53.7 Å². The zero-order chi connectivity index (χ0) is 17.8. The smallest absolute Gasteiger partial charge is 0.212 e. The maximum absolute atomic E-state index is 13.3. The summed E-state index contributed by atoms with van der Waals surface area (Å²) in [5.74, 6) is -0.900. The molecule has 0 saturated carbocycles. The van der Waals surface area contributed by atoms with Gasteiger partial charge < -0.3 is 14.3 Å². The topological polar surface area (TPSA) is 96.3 Å². The second kappa shape index (κ2) is 7.31. The van der Waals surface area contributed by atoms with Gasteiger partial charge in [-0.05, 0) is 30.7 Å². The number of hydrogen-bond donors (Lipinski definition) is 0. The van der Waals surface area contributed by atoms with Gasteiger partial charge in [0, 0.05) is 5.75 Å². The van der Waals surface area contributed by atoms with Crippen molar-refractivity contribution in [2.45, 2.75) is 12.1 Å². The number of thioether (sulfide) groups is 1. The third-order valence-corrected chi connectivity index (χ3v) is 4.09. The highest BCUT2D eigenvalue weighted by Crippen LogP contribution is 2.26. The Morgan fingerprint density at radius 2 is 2.28 bits per heavy atom. The van der Waals surface area contributed by atoms with Crippen LogP contribution in [0, 0.1) is 12.7 Å². The van der Waals surface area contributed by atoms with E-state index in [4.69, 9.17) is 4.42 Å². The molecule has 2 heterocycles. The lowest BCUT2D eigenvalue weighted by atomic mass is 10.2. The van der Waals surface area contributed by atoms with E-state index in [1.165, 1.54) is 29.3 Å². The van der Waals surface area contributed by atoms with Crippen LogP contribution in [0.4, 0.5) is 4.39 Å². The van der Waals surface area contributed by atoms with Gasteiger partial charge in [-0.3, -0.25) is 0 Å². The molecule has 0 fully saturated rings. The first-order valence-corrected chi connectivity index (χ1v) is 8.15. The Kier molecular flexibility index (Phi) is 4.94. The molecule has 0 N–H and O–H groups in total. The Bertz CT molecular complexity index is 935. The number of hydrogen-bond acceptors (Lipinski definition) is 7. The van der Waals surface area contributed by atoms with Gasteiger partial charge in [-0.1, -0.05) is 23.9 Å². The Morgan fingerprint density at radius 3 is 2.96 bits per heavy atom. The van der Waals surface area contributed by atoms with Crippen molar-refractivity contribution in [3.63, 3.8) is 0 Å². The van der Waals surface area contributed by atoms with Gasteiger partial charge in [-0.2, -0.15) is 9.78 Å². The van der Waals surface area contributed by atoms with Gasteiger partial charge in [0.05, 0.1) is 24.0 Å². The lowest BCUT2D eigenvalue weighted by Crippen LogP contribution is -2.24. The summed E-state index contributed by atoms with van der Waals surface area (Å²) >= 11 is 0.926. The number of aromatic nitrogens is 3. The number of benzene rings is 1. The minimum Gasteiger partial charge on any atom is -0.549 e. The third-order valence-electron chi connectivity index (χ3n) is 3.20. The molecule has 0 spiro atoms. The van der Waals surface area contributed by atoms with E-state index in [1.54, 1.807) is 25.1 Å². The van der Waals surface area contributed by atoms with Gasteiger partial charge in [0.1, 0.15) is 11.6 Å². The van der Waals surface area contributed by atoms with Gasteiger partial charge in [-0.15, -0.1) is 10.2 Å². The van der Waals surface area contributed by atoms with Gasteiger partial charge in [0.15, 0.2) is 5.82 Å². The number of aliphatic carboxylic acids is 1. The number of carboxylic acid groups (broad SMARTS) is 1. The SMILES string of the molecule is Cc1occc1-c1nnc(SCC(=O)[O-])n1/N=C\c1cccc(F)c1. The Morgan fingerprint density at radius 1 is 1.44 bits per heavy atom. The number of carboxylic acids is 1. The summed E-state index contributed by atoms with van der Waals surface area (Å²) in [5, 5.41) is 23.3. The van der Waals surface area contributed by atoms with Crippen LogP contribution in [0.3, 0.4) is 0 Å². The number of nitrogens with zero attached hydrogens (tertiary/aromatic N) is 4. The average Bonchev–Trinajstić information content (AvgIpc) is 3.16. The molecule has 128 valence electrons. The zero-order valence-electron chi connectivity index (χ0n) is 13.0. The Hall–Kier alpha value is -2.94. The van der Waals surface area contributed by atoms with Crippen molar-refractivity contribution < 1.29 is 18.7 Å². The lowest BCUT2D eigenvalue weighted by Gasteiger charge is -2.04. The normalized spacial score (nSPS) is 11.3. The number of furan rings is 1. The van der Waals surface area contributed by atoms with Crippen molar-refractivity contribution in [2.75, 3.05) is 5.75 Å². The largest absolute Gasteiger partial charge is 0.549 e. The van der Waals surface area contributed by atoms with E-state index >= 15 is 0 Å². The predicted molar refractivity (Wildman–Crippen MR) is 87.6 cm³/mol. The summed E-state index contributed by atoms with van der Waals surface area (Å²) in [7, 11) is 0. The third kappa shape index (κ3) is 3.94. The summed E-state index contributed by atoms with van der Waals surface area (Å²) in [6.07, 6.45) is 2.95. The Balaban J connectivity index is 2.00. The van der Waals surface area contributed by atoms with Crippen LogP contribution in [0.5, 0.6) is 0 Å². The van der Waals surface area contributed by atoms with Crippen LogP contribution < -0.4 is 5.11 Å². The van der Waals surface area contributed by atoms with Crippen molar-refractivity contribution in [3.8, 4) is 11.4 Å². The van der Waals surface area contributed by atoms with E-state index in [9.17, 15) is 14.3 Å². The molecule has 0 aliphatic rings. The van der Waals surface area contributed by atoms with Gasteiger partial charge in [0.25, 0.3) is 0 Å². The second-order valence-corrected chi connectivity index (χ2v) is 5.91. The standard InChI is InChI=1S/C16H13FN4O3S/c1-10-13(5-6-24-10)15-19-20-16(25-9-14(22)23)21(15)18-8-11-3-2-4-12(17)7-11/h2-8H,9H2,1H3,(H,22,23)/p-1/b18-8-. The van der Waals surface area contributed by atoms with Crippen molar-refractivity contribution in [2.24, 2.45) is 5.10 Å². The van der Waals surface area contributed by atoms with E-state index in [0.29, 0.717) is 22.7 Å². The van der Waals surface area contributed by atoms with Crippen LogP contribution in [0.2, 0.25) is 0 Å². The monoisotopic (exact) mass is 359 g/mol. The number of aryl methyl sites for hydroxylation is 1. The van der Waals surface area contributed by atoms with Gasteiger partial charge >= 0.3 is 0 Å². The molecule has 0 radical (unpaired) electrons. The summed E-state index contributed by atoms with van der Waals surface area (Å²) in [5.41, 5.74) is 1.21. The molecule has 0 aliphatic carbocycles. The van der Waals surface area contributed by atoms with E-state index < -0.39 is 5.97 Å². The lowest BCUT2D eigenvalue weighted by molar-refractivity contribution is -0.301. The quantitative estimate of drug-likeness (QED) is 0.491. The average molecular weight is 359 g/mol. The highest BCUT2D eigenvalue weighted by molar-refractivity contribution is 7.99. The first kappa shape index (κ1) is 16.9. The van der Waals surface area contributed by atoms with Gasteiger partial charge in [0.2, 0.25) is 5.16 Å². The molecule has 3 aromatic rings. The number of rotatable bonds is 6. The van der Waals surface area contributed by atoms with Gasteiger partial charge in [-0.25, -0.2) is 4.39 Å². The first-order valence-electron chi connectivity index (χ1n) is 7.17. The van der Waals surface area contributed by atoms with Crippen LogP contribution in [0.1, 0.15) is 11.3 Å². The molecule has 3 rings (SSSR count). The summed E-state index contributed by atoms with van der Waals surface area (Å²) in [6.45, 7) is 1.76. The molecule has 2 aromatic heterocycles. The molecular formula is C16H12FN4O3S-. The highest BCUT2D eigenvalue weighted by Gasteiger charge is 2.17. The molecule has 0 atom stereocenters. The fraction of sp³-hybridized carbons (Fsp3) is 0.125. The van der Waals surface area contributed by atoms with Crippen molar-refractivity contribution >= 4 is 23.9 Å². The molecule has 1 aromatic carbocycles. The molecule has 0 unspecified atom stereocenters.